The van der Waals surface area contributed by atoms with Crippen LogP contribution < -0.4 is 0 Å². The van der Waals surface area contributed by atoms with Crippen LogP contribution in [0, 0.1) is 5.92 Å². The van der Waals surface area contributed by atoms with Crippen LogP contribution in [0.25, 0.3) is 5.83 Å². The lowest BCUT2D eigenvalue weighted by Gasteiger charge is -2.26. The summed E-state index contributed by atoms with van der Waals surface area (Å²) < 4.78 is 62.7. The average molecular weight is 304 g/mol. The molecule has 1 aromatic rings. The van der Waals surface area contributed by atoms with Gasteiger partial charge >= 0.3 is 6.18 Å². The number of benzene rings is 1. The summed E-state index contributed by atoms with van der Waals surface area (Å²) in [6, 6.07) is 5.63. The van der Waals surface area contributed by atoms with E-state index in [1.807, 2.05) is 0 Å². The molecule has 0 unspecified atom stereocenters. The first kappa shape index (κ1) is 16.0. The van der Waals surface area contributed by atoms with Crippen molar-refractivity contribution >= 4 is 5.83 Å². The molecule has 2 rings (SSSR count). The Bertz CT molecular complexity index is 504. The van der Waals surface area contributed by atoms with Crippen LogP contribution in [-0.2, 0) is 0 Å². The smallest absolute Gasteiger partial charge is 0.203 e. The van der Waals surface area contributed by atoms with Gasteiger partial charge in [-0.15, -0.1) is 0 Å². The lowest BCUT2D eigenvalue weighted by atomic mass is 9.79. The molecule has 21 heavy (non-hydrogen) atoms. The third kappa shape index (κ3) is 3.83. The van der Waals surface area contributed by atoms with Gasteiger partial charge in [0.25, 0.3) is 0 Å². The normalized spacial score (nSPS) is 24.7. The maximum Gasteiger partial charge on any atom is 0.445 e. The third-order valence-corrected chi connectivity index (χ3v) is 4.09. The Morgan fingerprint density at radius 2 is 1.48 bits per heavy atom. The molecule has 0 bridgehead atoms. The van der Waals surface area contributed by atoms with Gasteiger partial charge in [0.15, 0.2) is 5.83 Å². The fourth-order valence-corrected chi connectivity index (χ4v) is 2.75. The van der Waals surface area contributed by atoms with Gasteiger partial charge in [0, 0.05) is 5.56 Å². The Hall–Kier alpha value is -1.39. The van der Waals surface area contributed by atoms with Crippen molar-refractivity contribution in [2.75, 3.05) is 0 Å². The Morgan fingerprint density at radius 1 is 0.952 bits per heavy atom. The van der Waals surface area contributed by atoms with Crippen LogP contribution in [0.2, 0.25) is 0 Å². The molecule has 0 atom stereocenters. The van der Waals surface area contributed by atoms with Gasteiger partial charge in [-0.25, -0.2) is 4.39 Å². The van der Waals surface area contributed by atoms with Crippen molar-refractivity contribution in [2.24, 2.45) is 5.92 Å². The number of allylic oxidation sites excluding steroid dienone is 1. The first-order chi connectivity index (χ1) is 9.79. The van der Waals surface area contributed by atoms with Gasteiger partial charge in [-0.05, 0) is 30.2 Å². The zero-order valence-electron chi connectivity index (χ0n) is 11.7. The van der Waals surface area contributed by atoms with Crippen molar-refractivity contribution in [1.82, 2.24) is 0 Å². The summed E-state index contributed by atoms with van der Waals surface area (Å²) in [7, 11) is 0. The average Bonchev–Trinajstić information content (AvgIpc) is 2.46. The van der Waals surface area contributed by atoms with Crippen LogP contribution in [0.1, 0.15) is 49.7 Å². The van der Waals surface area contributed by atoms with Crippen molar-refractivity contribution in [3.63, 3.8) is 0 Å². The first-order valence-corrected chi connectivity index (χ1v) is 7.02. The van der Waals surface area contributed by atoms with E-state index in [4.69, 9.17) is 0 Å². The number of alkyl halides is 3. The Labute approximate surface area is 120 Å². The molecule has 0 spiro atoms. The maximum atomic E-state index is 13.4. The fourth-order valence-electron chi connectivity index (χ4n) is 2.75. The van der Waals surface area contributed by atoms with E-state index in [1.165, 1.54) is 12.1 Å². The van der Waals surface area contributed by atoms with Crippen molar-refractivity contribution < 1.29 is 22.0 Å². The van der Waals surface area contributed by atoms with Gasteiger partial charge in [0.2, 0.25) is 5.83 Å². The number of rotatable bonds is 2. The van der Waals surface area contributed by atoms with Crippen molar-refractivity contribution in [1.29, 1.82) is 0 Å². The maximum absolute atomic E-state index is 13.4. The topological polar surface area (TPSA) is 0 Å². The monoisotopic (exact) mass is 304 g/mol. The Kier molecular flexibility index (Phi) is 4.69. The van der Waals surface area contributed by atoms with Crippen molar-refractivity contribution in [3.8, 4) is 0 Å². The second kappa shape index (κ2) is 6.16. The fraction of sp³-hybridized carbons (Fsp3) is 0.500. The van der Waals surface area contributed by atoms with Gasteiger partial charge in [-0.3, -0.25) is 0 Å². The summed E-state index contributed by atoms with van der Waals surface area (Å²) in [5.41, 5.74) is 0.601. The first-order valence-electron chi connectivity index (χ1n) is 7.02. The zero-order valence-corrected chi connectivity index (χ0v) is 11.7. The lowest BCUT2D eigenvalue weighted by Crippen LogP contribution is -2.11. The summed E-state index contributed by atoms with van der Waals surface area (Å²) in [6.45, 7) is 2.19. The molecule has 1 aliphatic carbocycles. The Balaban J connectivity index is 2.16. The summed E-state index contributed by atoms with van der Waals surface area (Å²) in [6.07, 6.45) is -1.01. The molecule has 0 aliphatic heterocycles. The van der Waals surface area contributed by atoms with Crippen LogP contribution in [0.4, 0.5) is 22.0 Å². The van der Waals surface area contributed by atoms with Gasteiger partial charge in [0.05, 0.1) is 0 Å². The summed E-state index contributed by atoms with van der Waals surface area (Å²) >= 11 is 0. The second-order valence-electron chi connectivity index (χ2n) is 5.70. The predicted molar refractivity (Wildman–Crippen MR) is 72.0 cm³/mol. The molecule has 0 amide bonds. The summed E-state index contributed by atoms with van der Waals surface area (Å²) in [5.74, 6) is -3.48. The van der Waals surface area contributed by atoms with Crippen LogP contribution in [0.3, 0.4) is 0 Å². The summed E-state index contributed by atoms with van der Waals surface area (Å²) in [5, 5.41) is 0. The van der Waals surface area contributed by atoms with E-state index < -0.39 is 17.8 Å². The minimum absolute atomic E-state index is 0.356. The minimum Gasteiger partial charge on any atom is -0.203 e. The quantitative estimate of drug-likeness (QED) is 0.575. The molecule has 1 aromatic carbocycles. The van der Waals surface area contributed by atoms with Gasteiger partial charge < -0.3 is 0 Å². The standard InChI is InChI=1S/C16H17F5/c1-10-2-4-11(5-3-10)12-6-8-13(9-7-12)14(17)15(18)16(19,20)21/h6-11H,2-5H2,1H3/b15-14+. The number of halogens is 5. The molecule has 0 radical (unpaired) electrons. The highest BCUT2D eigenvalue weighted by molar-refractivity contribution is 5.62. The van der Waals surface area contributed by atoms with E-state index >= 15 is 0 Å². The largest absolute Gasteiger partial charge is 0.445 e. The highest BCUT2D eigenvalue weighted by atomic mass is 19.4. The molecule has 1 fully saturated rings. The SMILES string of the molecule is CC1CCC(c2ccc(/C(F)=C(\F)C(F)(F)F)cc2)CC1. The van der Waals surface area contributed by atoms with Crippen molar-refractivity contribution in [3.05, 3.63) is 41.2 Å². The lowest BCUT2D eigenvalue weighted by molar-refractivity contribution is -0.108. The number of hydrogen-bond acceptors (Lipinski definition) is 0. The van der Waals surface area contributed by atoms with Gasteiger partial charge in [-0.2, -0.15) is 17.6 Å². The van der Waals surface area contributed by atoms with E-state index in [9.17, 15) is 22.0 Å². The molecule has 116 valence electrons. The van der Waals surface area contributed by atoms with Crippen LogP contribution >= 0.6 is 0 Å². The molecule has 0 aromatic heterocycles. The molecule has 5 heteroatoms. The molecule has 0 heterocycles. The highest BCUT2D eigenvalue weighted by Crippen LogP contribution is 2.37. The van der Waals surface area contributed by atoms with Crippen LogP contribution in [-0.4, -0.2) is 6.18 Å². The molecule has 1 aliphatic rings. The van der Waals surface area contributed by atoms with E-state index in [1.54, 1.807) is 12.1 Å². The Morgan fingerprint density at radius 3 is 1.95 bits per heavy atom. The molecule has 1 saturated carbocycles. The minimum atomic E-state index is -5.29. The van der Waals surface area contributed by atoms with Crippen molar-refractivity contribution in [2.45, 2.75) is 44.7 Å². The van der Waals surface area contributed by atoms with E-state index in [0.717, 1.165) is 31.2 Å². The van der Waals surface area contributed by atoms with E-state index in [0.29, 0.717) is 11.8 Å². The predicted octanol–water partition coefficient (Wildman–Crippen LogP) is 6.15. The van der Waals surface area contributed by atoms with Crippen LogP contribution in [0.15, 0.2) is 30.1 Å². The molecular weight excluding hydrogens is 287 g/mol. The molecule has 0 N–H and O–H groups in total. The van der Waals surface area contributed by atoms with Gasteiger partial charge in [-0.1, -0.05) is 44.0 Å². The molecule has 0 nitrogen and oxygen atoms in total. The third-order valence-electron chi connectivity index (χ3n) is 4.09. The molecular formula is C16H17F5. The van der Waals surface area contributed by atoms with Crippen LogP contribution in [0.5, 0.6) is 0 Å². The highest BCUT2D eigenvalue weighted by Gasteiger charge is 2.38. The zero-order chi connectivity index (χ0) is 15.6. The van der Waals surface area contributed by atoms with Gasteiger partial charge in [0.1, 0.15) is 0 Å². The van der Waals surface area contributed by atoms with E-state index in [-0.39, 0.29) is 5.56 Å². The second-order valence-corrected chi connectivity index (χ2v) is 5.70. The summed E-state index contributed by atoms with van der Waals surface area (Å²) in [4.78, 5) is 0. The van der Waals surface area contributed by atoms with E-state index in [2.05, 4.69) is 6.92 Å². The number of hydrogen-bond donors (Lipinski definition) is 0. The molecule has 0 saturated heterocycles.